The van der Waals surface area contributed by atoms with Gasteiger partial charge in [0.1, 0.15) is 0 Å². The van der Waals surface area contributed by atoms with Crippen molar-refractivity contribution >= 4 is 10.8 Å². The van der Waals surface area contributed by atoms with Crippen LogP contribution in [0.5, 0.6) is 0 Å². The number of rotatable bonds is 2. The average molecular weight is 237 g/mol. The van der Waals surface area contributed by atoms with E-state index in [2.05, 4.69) is 54.8 Å². The van der Waals surface area contributed by atoms with Crippen molar-refractivity contribution in [3.8, 4) is 0 Å². The maximum absolute atomic E-state index is 3.49. The minimum atomic E-state index is 0.512. The van der Waals surface area contributed by atoms with Crippen LogP contribution in [0.1, 0.15) is 24.8 Å². The Hall–Kier alpha value is -1.34. The van der Waals surface area contributed by atoms with Crippen molar-refractivity contribution in [2.75, 3.05) is 7.05 Å². The minimum absolute atomic E-state index is 0.512. The van der Waals surface area contributed by atoms with Crippen LogP contribution in [0.25, 0.3) is 10.8 Å². The summed E-state index contributed by atoms with van der Waals surface area (Å²) in [5, 5.41) is 6.24. The van der Waals surface area contributed by atoms with E-state index in [0.29, 0.717) is 5.41 Å². The molecular weight excluding hydrogens is 218 g/mol. The Morgan fingerprint density at radius 2 is 1.94 bits per heavy atom. The standard InChI is InChI=1S/C17H19N/c1-18-16-8-9-17(11-15(16)17)14-7-6-12-4-2-3-5-13(12)10-14/h2-7,10,15-16,18H,8-9,11H2,1H3. The number of nitrogens with one attached hydrogen (secondary N) is 1. The molecule has 2 aromatic rings. The number of hydrogen-bond acceptors (Lipinski definition) is 1. The maximum atomic E-state index is 3.49. The lowest BCUT2D eigenvalue weighted by molar-refractivity contribution is 0.519. The van der Waals surface area contributed by atoms with Crippen molar-refractivity contribution < 1.29 is 0 Å². The molecule has 2 aliphatic rings. The molecule has 2 aromatic carbocycles. The van der Waals surface area contributed by atoms with Gasteiger partial charge in [0.25, 0.3) is 0 Å². The van der Waals surface area contributed by atoms with Gasteiger partial charge in [-0.05, 0) is 48.6 Å². The predicted octanol–water partition coefficient (Wildman–Crippen LogP) is 3.48. The molecule has 1 nitrogen and oxygen atoms in total. The third-order valence-electron chi connectivity index (χ3n) is 5.22. The Morgan fingerprint density at radius 3 is 2.67 bits per heavy atom. The molecule has 0 heterocycles. The molecule has 0 amide bonds. The third-order valence-corrected chi connectivity index (χ3v) is 5.22. The van der Waals surface area contributed by atoms with Gasteiger partial charge in [0.2, 0.25) is 0 Å². The lowest BCUT2D eigenvalue weighted by Gasteiger charge is -2.13. The largest absolute Gasteiger partial charge is 0.317 e. The van der Waals surface area contributed by atoms with E-state index in [1.165, 1.54) is 30.0 Å². The zero-order chi connectivity index (χ0) is 12.2. The van der Waals surface area contributed by atoms with E-state index in [1.807, 2.05) is 0 Å². The summed E-state index contributed by atoms with van der Waals surface area (Å²) in [5.41, 5.74) is 2.08. The second kappa shape index (κ2) is 3.58. The van der Waals surface area contributed by atoms with Crippen molar-refractivity contribution in [1.29, 1.82) is 0 Å². The fourth-order valence-corrected chi connectivity index (χ4v) is 4.08. The van der Waals surface area contributed by atoms with Gasteiger partial charge >= 0.3 is 0 Å². The predicted molar refractivity (Wildman–Crippen MR) is 75.8 cm³/mol. The second-order valence-corrected chi connectivity index (χ2v) is 5.96. The van der Waals surface area contributed by atoms with Crippen molar-refractivity contribution in [2.24, 2.45) is 5.92 Å². The van der Waals surface area contributed by atoms with E-state index in [1.54, 1.807) is 5.56 Å². The Bertz CT molecular complexity index is 603. The van der Waals surface area contributed by atoms with Crippen LogP contribution in [0.15, 0.2) is 42.5 Å². The molecule has 0 aliphatic heterocycles. The first-order valence-corrected chi connectivity index (χ1v) is 7.00. The van der Waals surface area contributed by atoms with Gasteiger partial charge in [0.15, 0.2) is 0 Å². The van der Waals surface area contributed by atoms with E-state index in [0.717, 1.165) is 12.0 Å². The summed E-state index contributed by atoms with van der Waals surface area (Å²) in [6.45, 7) is 0. The van der Waals surface area contributed by atoms with Crippen LogP contribution < -0.4 is 5.32 Å². The van der Waals surface area contributed by atoms with Gasteiger partial charge in [-0.1, -0.05) is 42.5 Å². The summed E-state index contributed by atoms with van der Waals surface area (Å²) in [4.78, 5) is 0. The summed E-state index contributed by atoms with van der Waals surface area (Å²) in [7, 11) is 2.11. The van der Waals surface area contributed by atoms with E-state index in [-0.39, 0.29) is 0 Å². The number of benzene rings is 2. The summed E-state index contributed by atoms with van der Waals surface area (Å²) in [5.74, 6) is 0.878. The monoisotopic (exact) mass is 237 g/mol. The van der Waals surface area contributed by atoms with Crippen molar-refractivity contribution in [3.63, 3.8) is 0 Å². The van der Waals surface area contributed by atoms with E-state index in [9.17, 15) is 0 Å². The lowest BCUT2D eigenvalue weighted by Crippen LogP contribution is -2.24. The van der Waals surface area contributed by atoms with Crippen LogP contribution in [-0.4, -0.2) is 13.1 Å². The van der Waals surface area contributed by atoms with Crippen molar-refractivity contribution in [1.82, 2.24) is 5.32 Å². The van der Waals surface area contributed by atoms with Gasteiger partial charge in [0.05, 0.1) is 0 Å². The molecule has 4 rings (SSSR count). The number of fused-ring (bicyclic) bond motifs is 2. The SMILES string of the molecule is CNC1CCC2(c3ccc4ccccc4c3)CC12. The molecule has 3 atom stereocenters. The molecule has 2 saturated carbocycles. The molecule has 0 spiro atoms. The zero-order valence-corrected chi connectivity index (χ0v) is 10.8. The zero-order valence-electron chi connectivity index (χ0n) is 10.8. The normalized spacial score (nSPS) is 33.6. The fourth-order valence-electron chi connectivity index (χ4n) is 4.08. The van der Waals surface area contributed by atoms with Gasteiger partial charge in [0, 0.05) is 11.5 Å². The van der Waals surface area contributed by atoms with Gasteiger partial charge in [-0.25, -0.2) is 0 Å². The van der Waals surface area contributed by atoms with Crippen molar-refractivity contribution in [2.45, 2.75) is 30.7 Å². The second-order valence-electron chi connectivity index (χ2n) is 5.96. The highest BCUT2D eigenvalue weighted by atomic mass is 14.9. The van der Waals surface area contributed by atoms with E-state index >= 15 is 0 Å². The van der Waals surface area contributed by atoms with Crippen LogP contribution in [0.3, 0.4) is 0 Å². The Morgan fingerprint density at radius 1 is 1.11 bits per heavy atom. The molecule has 1 N–H and O–H groups in total. The van der Waals surface area contributed by atoms with E-state index in [4.69, 9.17) is 0 Å². The van der Waals surface area contributed by atoms with Gasteiger partial charge in [-0.15, -0.1) is 0 Å². The summed E-state index contributed by atoms with van der Waals surface area (Å²) < 4.78 is 0. The first-order chi connectivity index (χ1) is 8.83. The van der Waals surface area contributed by atoms with Crippen LogP contribution in [0.2, 0.25) is 0 Å². The van der Waals surface area contributed by atoms with E-state index < -0.39 is 0 Å². The molecule has 3 unspecified atom stereocenters. The lowest BCUT2D eigenvalue weighted by atomic mass is 9.91. The molecule has 0 bridgehead atoms. The first kappa shape index (κ1) is 10.6. The Balaban J connectivity index is 1.76. The molecule has 18 heavy (non-hydrogen) atoms. The van der Waals surface area contributed by atoms with Crippen LogP contribution in [0.4, 0.5) is 0 Å². The smallest absolute Gasteiger partial charge is 0.0101 e. The quantitative estimate of drug-likeness (QED) is 0.843. The topological polar surface area (TPSA) is 12.0 Å². The summed E-state index contributed by atoms with van der Waals surface area (Å²) in [6, 6.07) is 16.5. The Kier molecular flexibility index (Phi) is 2.10. The molecule has 2 aliphatic carbocycles. The molecule has 0 radical (unpaired) electrons. The molecule has 1 heteroatoms. The highest BCUT2D eigenvalue weighted by molar-refractivity contribution is 5.83. The molecular formula is C17H19N. The molecule has 0 saturated heterocycles. The third kappa shape index (κ3) is 1.31. The maximum Gasteiger partial charge on any atom is 0.0101 e. The summed E-state index contributed by atoms with van der Waals surface area (Å²) >= 11 is 0. The Labute approximate surface area is 108 Å². The van der Waals surface area contributed by atoms with Crippen molar-refractivity contribution in [3.05, 3.63) is 48.0 Å². The molecule has 92 valence electrons. The van der Waals surface area contributed by atoms with Gasteiger partial charge in [-0.3, -0.25) is 0 Å². The van der Waals surface area contributed by atoms with Crippen LogP contribution in [-0.2, 0) is 5.41 Å². The minimum Gasteiger partial charge on any atom is -0.317 e. The first-order valence-electron chi connectivity index (χ1n) is 7.00. The van der Waals surface area contributed by atoms with Crippen LogP contribution >= 0.6 is 0 Å². The fraction of sp³-hybridized carbons (Fsp3) is 0.412. The highest BCUT2D eigenvalue weighted by Gasteiger charge is 2.61. The highest BCUT2D eigenvalue weighted by Crippen LogP contribution is 2.64. The average Bonchev–Trinajstić information content (AvgIpc) is 3.06. The number of hydrogen-bond donors (Lipinski definition) is 1. The van der Waals surface area contributed by atoms with Gasteiger partial charge < -0.3 is 5.32 Å². The molecule has 2 fully saturated rings. The summed E-state index contributed by atoms with van der Waals surface area (Å²) in [6.07, 6.45) is 4.09. The van der Waals surface area contributed by atoms with Gasteiger partial charge in [-0.2, -0.15) is 0 Å². The van der Waals surface area contributed by atoms with Crippen LogP contribution in [0, 0.1) is 5.92 Å². The molecule has 0 aromatic heterocycles.